The Labute approximate surface area is 196 Å². The molecule has 4 rings (SSSR count). The number of carbonyl (C=O) groups excluding carboxylic acids is 3. The summed E-state index contributed by atoms with van der Waals surface area (Å²) < 4.78 is 10.2. The molecule has 3 aromatic carbocycles. The van der Waals surface area contributed by atoms with Crippen molar-refractivity contribution < 1.29 is 23.9 Å². The van der Waals surface area contributed by atoms with Crippen molar-refractivity contribution in [3.8, 4) is 16.9 Å². The van der Waals surface area contributed by atoms with E-state index in [0.29, 0.717) is 16.3 Å². The number of hydrogen-bond donors (Lipinski definition) is 1. The fraction of sp³-hybridized carbons (Fsp3) is 0.192. The van der Waals surface area contributed by atoms with Gasteiger partial charge < -0.3 is 14.8 Å². The van der Waals surface area contributed by atoms with Crippen molar-refractivity contribution in [1.29, 1.82) is 0 Å². The molecule has 7 heteroatoms. The molecule has 0 aliphatic heterocycles. The summed E-state index contributed by atoms with van der Waals surface area (Å²) in [6, 6.07) is 17.7. The number of halogens is 1. The topological polar surface area (TPSA) is 81.7 Å². The predicted octanol–water partition coefficient (Wildman–Crippen LogP) is 5.22. The van der Waals surface area contributed by atoms with E-state index in [2.05, 4.69) is 5.32 Å². The third kappa shape index (κ3) is 5.59. The maximum absolute atomic E-state index is 12.3. The number of ether oxygens (including phenoxy) is 2. The van der Waals surface area contributed by atoms with Crippen LogP contribution in [0.5, 0.6) is 5.75 Å². The highest BCUT2D eigenvalue weighted by Crippen LogP contribution is 2.31. The van der Waals surface area contributed by atoms with Gasteiger partial charge in [0.25, 0.3) is 5.91 Å². The highest BCUT2D eigenvalue weighted by molar-refractivity contribution is 6.32. The van der Waals surface area contributed by atoms with E-state index >= 15 is 0 Å². The molecule has 0 spiro atoms. The normalized spacial score (nSPS) is 12.1. The molecule has 0 saturated heterocycles. The second kappa shape index (κ2) is 9.88. The largest absolute Gasteiger partial charge is 0.452 e. The molecule has 1 aliphatic rings. The number of hydrogen-bond acceptors (Lipinski definition) is 5. The molecule has 1 amide bonds. The number of aryl methyl sites for hydroxylation is 2. The zero-order valence-electron chi connectivity index (χ0n) is 18.0. The Morgan fingerprint density at radius 2 is 1.64 bits per heavy atom. The van der Waals surface area contributed by atoms with Crippen molar-refractivity contribution in [2.45, 2.75) is 26.2 Å². The summed E-state index contributed by atoms with van der Waals surface area (Å²) in [6.45, 7) is 0.934. The summed E-state index contributed by atoms with van der Waals surface area (Å²) in [4.78, 5) is 35.6. The summed E-state index contributed by atoms with van der Waals surface area (Å²) in [5.74, 6) is -1.14. The molecule has 0 fully saturated rings. The van der Waals surface area contributed by atoms with Crippen molar-refractivity contribution in [1.82, 2.24) is 0 Å². The molecule has 1 N–H and O–H groups in total. The maximum Gasteiger partial charge on any atom is 0.338 e. The molecule has 0 atom stereocenters. The van der Waals surface area contributed by atoms with Gasteiger partial charge in [-0.1, -0.05) is 35.9 Å². The van der Waals surface area contributed by atoms with Crippen molar-refractivity contribution in [3.05, 3.63) is 82.4 Å². The summed E-state index contributed by atoms with van der Waals surface area (Å²) in [5.41, 5.74) is 5.23. The minimum atomic E-state index is -0.589. The number of amides is 1. The van der Waals surface area contributed by atoms with Crippen LogP contribution < -0.4 is 10.1 Å². The third-order valence-corrected chi connectivity index (χ3v) is 5.65. The smallest absolute Gasteiger partial charge is 0.338 e. The van der Waals surface area contributed by atoms with E-state index in [4.69, 9.17) is 21.1 Å². The Morgan fingerprint density at radius 3 is 2.36 bits per heavy atom. The first-order valence-corrected chi connectivity index (χ1v) is 10.9. The second-order valence-electron chi connectivity index (χ2n) is 7.78. The zero-order valence-corrected chi connectivity index (χ0v) is 18.8. The number of anilines is 1. The highest BCUT2D eigenvalue weighted by atomic mass is 35.5. The first kappa shape index (κ1) is 22.6. The van der Waals surface area contributed by atoms with Crippen molar-refractivity contribution in [2.75, 3.05) is 11.9 Å². The van der Waals surface area contributed by atoms with Crippen LogP contribution in [-0.2, 0) is 27.2 Å². The first-order valence-electron chi connectivity index (χ1n) is 10.6. The average molecular weight is 464 g/mol. The van der Waals surface area contributed by atoms with Crippen LogP contribution in [0.15, 0.2) is 60.7 Å². The summed E-state index contributed by atoms with van der Waals surface area (Å²) in [7, 11) is 0. The van der Waals surface area contributed by atoms with Crippen LogP contribution in [-0.4, -0.2) is 24.5 Å². The van der Waals surface area contributed by atoms with Gasteiger partial charge in [-0.3, -0.25) is 9.59 Å². The Bertz CT molecular complexity index is 1220. The third-order valence-electron chi connectivity index (χ3n) is 5.36. The number of esters is 2. The molecule has 0 saturated carbocycles. The lowest BCUT2D eigenvalue weighted by Gasteiger charge is -2.09. The zero-order chi connectivity index (χ0) is 23.4. The Hall–Kier alpha value is -3.64. The molecular weight excluding hydrogens is 442 g/mol. The standard InChI is InChI=1S/C26H22ClNO5/c1-16(29)33-24-12-10-21(14-23(24)27)18-5-7-19(8-6-18)26(31)32-15-25(30)28-22-11-9-17-3-2-4-20(17)13-22/h5-14H,2-4,15H2,1H3,(H,28,30). The van der Waals surface area contributed by atoms with Gasteiger partial charge in [-0.25, -0.2) is 4.79 Å². The van der Waals surface area contributed by atoms with Crippen molar-refractivity contribution in [2.24, 2.45) is 0 Å². The molecule has 168 valence electrons. The Morgan fingerprint density at radius 1 is 0.909 bits per heavy atom. The molecule has 6 nitrogen and oxygen atoms in total. The highest BCUT2D eigenvalue weighted by Gasteiger charge is 2.14. The number of carbonyl (C=O) groups is 3. The molecule has 0 aromatic heterocycles. The lowest BCUT2D eigenvalue weighted by atomic mass is 10.0. The maximum atomic E-state index is 12.3. The van der Waals surface area contributed by atoms with Gasteiger partial charge in [0.2, 0.25) is 0 Å². The quantitative estimate of drug-likeness (QED) is 0.400. The molecule has 1 aliphatic carbocycles. The van der Waals surface area contributed by atoms with E-state index in [1.54, 1.807) is 42.5 Å². The fourth-order valence-corrected chi connectivity index (χ4v) is 4.00. The Kier molecular flexibility index (Phi) is 6.75. The molecule has 3 aromatic rings. The van der Waals surface area contributed by atoms with Crippen molar-refractivity contribution >= 4 is 35.1 Å². The van der Waals surface area contributed by atoms with E-state index in [0.717, 1.165) is 30.4 Å². The van der Waals surface area contributed by atoms with Gasteiger partial charge in [-0.05, 0) is 77.9 Å². The molecular formula is C26H22ClNO5. The molecule has 0 unspecified atom stereocenters. The molecule has 33 heavy (non-hydrogen) atoms. The van der Waals surface area contributed by atoms with Crippen LogP contribution in [0, 0.1) is 0 Å². The van der Waals surface area contributed by atoms with E-state index in [1.807, 2.05) is 18.2 Å². The lowest BCUT2D eigenvalue weighted by molar-refractivity contribution is -0.131. The molecule has 0 heterocycles. The number of rotatable bonds is 6. The van der Waals surface area contributed by atoms with Gasteiger partial charge >= 0.3 is 11.9 Å². The number of fused-ring (bicyclic) bond motifs is 1. The van der Waals surface area contributed by atoms with E-state index in [-0.39, 0.29) is 18.3 Å². The van der Waals surface area contributed by atoms with Gasteiger partial charge in [0.1, 0.15) is 5.75 Å². The van der Waals surface area contributed by atoms with Crippen LogP contribution in [0.1, 0.15) is 34.8 Å². The van der Waals surface area contributed by atoms with Gasteiger partial charge in [0.05, 0.1) is 10.6 Å². The monoisotopic (exact) mass is 463 g/mol. The van der Waals surface area contributed by atoms with E-state index in [9.17, 15) is 14.4 Å². The van der Waals surface area contributed by atoms with Crippen LogP contribution in [0.3, 0.4) is 0 Å². The summed E-state index contributed by atoms with van der Waals surface area (Å²) in [5, 5.41) is 3.08. The van der Waals surface area contributed by atoms with Crippen LogP contribution in [0.4, 0.5) is 5.69 Å². The van der Waals surface area contributed by atoms with Crippen LogP contribution in [0.2, 0.25) is 5.02 Å². The number of nitrogens with one attached hydrogen (secondary N) is 1. The van der Waals surface area contributed by atoms with Gasteiger partial charge in [0.15, 0.2) is 6.61 Å². The van der Waals surface area contributed by atoms with Crippen molar-refractivity contribution in [3.63, 3.8) is 0 Å². The summed E-state index contributed by atoms with van der Waals surface area (Å²) >= 11 is 6.17. The second-order valence-corrected chi connectivity index (χ2v) is 8.18. The first-order chi connectivity index (χ1) is 15.9. The number of benzene rings is 3. The fourth-order valence-electron chi connectivity index (χ4n) is 3.78. The van der Waals surface area contributed by atoms with Gasteiger partial charge in [-0.15, -0.1) is 0 Å². The Balaban J connectivity index is 1.33. The van der Waals surface area contributed by atoms with Gasteiger partial charge in [-0.2, -0.15) is 0 Å². The molecule has 0 bridgehead atoms. The van der Waals surface area contributed by atoms with Gasteiger partial charge in [0, 0.05) is 12.6 Å². The van der Waals surface area contributed by atoms with E-state index < -0.39 is 11.9 Å². The average Bonchev–Trinajstić information content (AvgIpc) is 3.26. The minimum Gasteiger partial charge on any atom is -0.452 e. The summed E-state index contributed by atoms with van der Waals surface area (Å²) in [6.07, 6.45) is 3.23. The predicted molar refractivity (Wildman–Crippen MR) is 126 cm³/mol. The minimum absolute atomic E-state index is 0.284. The SMILES string of the molecule is CC(=O)Oc1ccc(-c2ccc(C(=O)OCC(=O)Nc3ccc4c(c3)CCC4)cc2)cc1Cl. The molecule has 0 radical (unpaired) electrons. The van der Waals surface area contributed by atoms with Crippen LogP contribution in [0.25, 0.3) is 11.1 Å². The van der Waals surface area contributed by atoms with Crippen LogP contribution >= 0.6 is 11.6 Å². The van der Waals surface area contributed by atoms with E-state index in [1.165, 1.54) is 18.1 Å². The lowest BCUT2D eigenvalue weighted by Crippen LogP contribution is -2.21.